The number of nitrogens with one attached hydrogen (secondary N) is 1. The molecule has 0 aromatic heterocycles. The zero-order valence-corrected chi connectivity index (χ0v) is 9.14. The van der Waals surface area contributed by atoms with E-state index in [9.17, 15) is 18.0 Å². The van der Waals surface area contributed by atoms with E-state index < -0.39 is 12.6 Å². The Bertz CT molecular complexity index is 309. The molecule has 0 radical (unpaired) electrons. The van der Waals surface area contributed by atoms with Gasteiger partial charge in [0, 0.05) is 19.0 Å². The van der Waals surface area contributed by atoms with Gasteiger partial charge >= 0.3 is 6.18 Å². The number of hydrogen-bond donors (Lipinski definition) is 1. The number of carbonyl (C=O) groups is 1. The highest BCUT2D eigenvalue weighted by molar-refractivity contribution is 5.88. The number of benzene rings is 1. The lowest BCUT2D eigenvalue weighted by atomic mass is 10.3. The third-order valence-electron chi connectivity index (χ3n) is 1.50. The molecule has 1 amide bonds. The summed E-state index contributed by atoms with van der Waals surface area (Å²) in [6, 6.07) is 9.37. The Labute approximate surface area is 92.5 Å². The van der Waals surface area contributed by atoms with Gasteiger partial charge in [0.05, 0.1) is 0 Å². The van der Waals surface area contributed by atoms with Crippen LogP contribution in [0, 0.1) is 0 Å². The number of halogens is 3. The van der Waals surface area contributed by atoms with E-state index in [1.807, 2.05) is 30.3 Å². The molecule has 0 saturated heterocycles. The molecule has 90 valence electrons. The Morgan fingerprint density at radius 3 is 2.00 bits per heavy atom. The number of alkyl halides is 3. The van der Waals surface area contributed by atoms with E-state index in [-0.39, 0.29) is 5.91 Å². The molecule has 1 rings (SSSR count). The highest BCUT2D eigenvalue weighted by Gasteiger charge is 2.22. The molecular weight excluding hydrogens is 219 g/mol. The Morgan fingerprint density at radius 2 is 1.69 bits per heavy atom. The van der Waals surface area contributed by atoms with E-state index in [0.717, 1.165) is 12.6 Å². The van der Waals surface area contributed by atoms with Crippen molar-refractivity contribution in [3.05, 3.63) is 30.3 Å². The van der Waals surface area contributed by atoms with Gasteiger partial charge < -0.3 is 5.32 Å². The highest BCUT2D eigenvalue weighted by Crippen LogP contribution is 2.17. The molecule has 0 unspecified atom stereocenters. The average molecular weight is 233 g/mol. The predicted octanol–water partition coefficient (Wildman–Crippen LogP) is 3.60. The number of carbonyl (C=O) groups excluding carboxylic acids is 1. The predicted molar refractivity (Wildman–Crippen MR) is 57.1 cm³/mol. The molecule has 0 fully saturated rings. The van der Waals surface area contributed by atoms with Gasteiger partial charge in [0.25, 0.3) is 0 Å². The fourth-order valence-electron chi connectivity index (χ4n) is 0.725. The molecule has 2 nitrogen and oxygen atoms in total. The van der Waals surface area contributed by atoms with Crippen molar-refractivity contribution >= 4 is 11.6 Å². The van der Waals surface area contributed by atoms with E-state index in [4.69, 9.17) is 0 Å². The van der Waals surface area contributed by atoms with Gasteiger partial charge in [-0.05, 0) is 12.1 Å². The molecule has 0 atom stereocenters. The summed E-state index contributed by atoms with van der Waals surface area (Å²) in [6.45, 7) is 2.58. The number of hydrogen-bond acceptors (Lipinski definition) is 1. The molecule has 0 bridgehead atoms. The van der Waals surface area contributed by atoms with E-state index in [2.05, 4.69) is 5.32 Å². The number of para-hydroxylation sites is 1. The molecule has 1 N–H and O–H groups in total. The minimum atomic E-state index is -3.96. The van der Waals surface area contributed by atoms with Gasteiger partial charge in [-0.15, -0.1) is 0 Å². The van der Waals surface area contributed by atoms with Gasteiger partial charge in [0.2, 0.25) is 5.91 Å². The van der Waals surface area contributed by atoms with E-state index in [0.29, 0.717) is 0 Å². The fraction of sp³-hybridized carbons (Fsp3) is 0.364. The summed E-state index contributed by atoms with van der Waals surface area (Å²) < 4.78 is 32.4. The molecule has 0 spiro atoms. The van der Waals surface area contributed by atoms with Crippen molar-refractivity contribution in [2.24, 2.45) is 0 Å². The van der Waals surface area contributed by atoms with Gasteiger partial charge in [-0.1, -0.05) is 25.1 Å². The van der Waals surface area contributed by atoms with Gasteiger partial charge in [-0.25, -0.2) is 0 Å². The number of amides is 1. The zero-order valence-electron chi connectivity index (χ0n) is 9.14. The Morgan fingerprint density at radius 1 is 1.25 bits per heavy atom. The molecule has 0 aliphatic carbocycles. The lowest BCUT2D eigenvalue weighted by Crippen LogP contribution is -2.04. The normalized spacial score (nSPS) is 10.1. The van der Waals surface area contributed by atoms with Crippen LogP contribution >= 0.6 is 0 Å². The molecule has 0 saturated carbocycles. The van der Waals surface area contributed by atoms with Gasteiger partial charge in [-0.3, -0.25) is 4.79 Å². The van der Waals surface area contributed by atoms with Crippen LogP contribution in [0.25, 0.3) is 0 Å². The highest BCUT2D eigenvalue weighted by atomic mass is 19.4. The third-order valence-corrected chi connectivity index (χ3v) is 1.50. The van der Waals surface area contributed by atoms with Crippen molar-refractivity contribution in [3.8, 4) is 0 Å². The van der Waals surface area contributed by atoms with Crippen LogP contribution in [-0.2, 0) is 4.79 Å². The Balaban J connectivity index is 0.000000325. The minimum absolute atomic E-state index is 0.0359. The number of rotatable bonds is 1. The SMILES string of the molecule is CC(=O)Nc1ccccc1.CCC(F)(F)F. The van der Waals surface area contributed by atoms with Crippen LogP contribution in [0.1, 0.15) is 20.3 Å². The van der Waals surface area contributed by atoms with Crippen LogP contribution in [0.3, 0.4) is 0 Å². The first-order valence-corrected chi connectivity index (χ1v) is 4.74. The van der Waals surface area contributed by atoms with Crippen molar-refractivity contribution in [1.29, 1.82) is 0 Å². The molecular formula is C11H14F3NO. The summed E-state index contributed by atoms with van der Waals surface area (Å²) >= 11 is 0. The van der Waals surface area contributed by atoms with Crippen molar-refractivity contribution in [1.82, 2.24) is 0 Å². The average Bonchev–Trinajstić information content (AvgIpc) is 2.18. The van der Waals surface area contributed by atoms with E-state index in [1.54, 1.807) is 0 Å². The number of anilines is 1. The van der Waals surface area contributed by atoms with E-state index in [1.165, 1.54) is 6.92 Å². The molecule has 0 aliphatic heterocycles. The first-order chi connectivity index (χ1) is 7.35. The Kier molecular flexibility index (Phi) is 6.22. The fourth-order valence-corrected chi connectivity index (χ4v) is 0.725. The maximum absolute atomic E-state index is 10.8. The minimum Gasteiger partial charge on any atom is -0.326 e. The second-order valence-corrected chi connectivity index (χ2v) is 3.02. The van der Waals surface area contributed by atoms with E-state index >= 15 is 0 Å². The van der Waals surface area contributed by atoms with Crippen LogP contribution < -0.4 is 5.32 Å². The smallest absolute Gasteiger partial charge is 0.326 e. The van der Waals surface area contributed by atoms with Crippen LogP contribution in [0.2, 0.25) is 0 Å². The third kappa shape index (κ3) is 9.05. The Hall–Kier alpha value is -1.52. The molecule has 0 heterocycles. The summed E-state index contributed by atoms with van der Waals surface area (Å²) in [5, 5.41) is 2.67. The lowest BCUT2D eigenvalue weighted by Gasteiger charge is -1.98. The van der Waals surface area contributed by atoms with Crippen LogP contribution in [-0.4, -0.2) is 12.1 Å². The summed E-state index contributed by atoms with van der Waals surface area (Å²) in [4.78, 5) is 10.5. The van der Waals surface area contributed by atoms with Crippen molar-refractivity contribution in [3.63, 3.8) is 0 Å². The van der Waals surface area contributed by atoms with Crippen LogP contribution in [0.5, 0.6) is 0 Å². The first-order valence-electron chi connectivity index (χ1n) is 4.74. The molecule has 0 aliphatic rings. The summed E-state index contributed by atoms with van der Waals surface area (Å²) in [5.41, 5.74) is 0.843. The van der Waals surface area contributed by atoms with Crippen molar-refractivity contribution in [2.45, 2.75) is 26.4 Å². The maximum Gasteiger partial charge on any atom is 0.388 e. The second kappa shape index (κ2) is 6.87. The topological polar surface area (TPSA) is 29.1 Å². The maximum atomic E-state index is 10.8. The van der Waals surface area contributed by atoms with Crippen LogP contribution in [0.4, 0.5) is 18.9 Å². The van der Waals surface area contributed by atoms with Gasteiger partial charge in [-0.2, -0.15) is 13.2 Å². The van der Waals surface area contributed by atoms with Crippen molar-refractivity contribution in [2.75, 3.05) is 5.32 Å². The molecule has 5 heteroatoms. The summed E-state index contributed by atoms with van der Waals surface area (Å²) in [6.07, 6.45) is -4.69. The zero-order chi connectivity index (χ0) is 12.6. The van der Waals surface area contributed by atoms with Gasteiger partial charge in [0.1, 0.15) is 0 Å². The second-order valence-electron chi connectivity index (χ2n) is 3.02. The standard InChI is InChI=1S/C8H9NO.C3H5F3/c1-7(10)9-8-5-3-2-4-6-8;1-2-3(4,5)6/h2-6H,1H3,(H,9,10);2H2,1H3. The largest absolute Gasteiger partial charge is 0.388 e. The first kappa shape index (κ1) is 14.5. The summed E-state index contributed by atoms with van der Waals surface area (Å²) in [5.74, 6) is -0.0359. The van der Waals surface area contributed by atoms with Gasteiger partial charge in [0.15, 0.2) is 0 Å². The quantitative estimate of drug-likeness (QED) is 0.788. The van der Waals surface area contributed by atoms with Crippen molar-refractivity contribution < 1.29 is 18.0 Å². The lowest BCUT2D eigenvalue weighted by molar-refractivity contribution is -0.130. The molecule has 1 aromatic rings. The molecule has 1 aromatic carbocycles. The molecule has 16 heavy (non-hydrogen) atoms. The monoisotopic (exact) mass is 233 g/mol. The summed E-state index contributed by atoms with van der Waals surface area (Å²) in [7, 11) is 0. The van der Waals surface area contributed by atoms with Crippen LogP contribution in [0.15, 0.2) is 30.3 Å².